The average Bonchev–Trinajstić information content (AvgIpc) is 3.11. The Morgan fingerprint density at radius 3 is 2.81 bits per heavy atom. The van der Waals surface area contributed by atoms with Gasteiger partial charge < -0.3 is 14.5 Å². The number of carbonyl (C=O) groups is 1. The Morgan fingerprint density at radius 2 is 1.97 bits per heavy atom. The van der Waals surface area contributed by atoms with E-state index in [1.165, 1.54) is 4.57 Å². The van der Waals surface area contributed by atoms with Crippen molar-refractivity contribution in [3.63, 3.8) is 0 Å². The van der Waals surface area contributed by atoms with Crippen LogP contribution in [0, 0.1) is 0 Å². The number of fused-ring (bicyclic) bond motifs is 2. The second-order valence-electron chi connectivity index (χ2n) is 7.68. The Labute approximate surface area is 183 Å². The maximum Gasteiger partial charge on any atom is 0.333 e. The fraction of sp³-hybridized carbons (Fsp3) is 0.217. The first-order valence-corrected chi connectivity index (χ1v) is 10.3. The highest BCUT2D eigenvalue weighted by Gasteiger charge is 2.27. The standard InChI is InChI=1S/C23H22N6O3/c1-27-11-12-28(14-15-5-3-6-16(13-15)32-2)21-17(22(27)30)8-9-19(25-21)29-18-7-4-10-24-20(18)26-23(29)31/h3-10,13H,11-12,14H2,1-2H3,(H,24,26,31). The lowest BCUT2D eigenvalue weighted by Gasteiger charge is -2.24. The van der Waals surface area contributed by atoms with Crippen molar-refractivity contribution < 1.29 is 9.53 Å². The van der Waals surface area contributed by atoms with Crippen molar-refractivity contribution in [2.24, 2.45) is 0 Å². The van der Waals surface area contributed by atoms with Crippen molar-refractivity contribution in [3.05, 3.63) is 76.3 Å². The molecule has 5 rings (SSSR count). The van der Waals surface area contributed by atoms with E-state index in [-0.39, 0.29) is 11.6 Å². The van der Waals surface area contributed by atoms with Gasteiger partial charge in [0.25, 0.3) is 5.91 Å². The fourth-order valence-corrected chi connectivity index (χ4v) is 3.97. The predicted molar refractivity (Wildman–Crippen MR) is 120 cm³/mol. The lowest BCUT2D eigenvalue weighted by Crippen LogP contribution is -2.31. The minimum Gasteiger partial charge on any atom is -0.497 e. The summed E-state index contributed by atoms with van der Waals surface area (Å²) in [6.07, 6.45) is 1.62. The third kappa shape index (κ3) is 3.37. The van der Waals surface area contributed by atoms with Crippen molar-refractivity contribution in [2.45, 2.75) is 6.54 Å². The number of likely N-dealkylation sites (N-methyl/N-ethyl adjacent to an activating group) is 1. The smallest absolute Gasteiger partial charge is 0.333 e. The van der Waals surface area contributed by atoms with E-state index in [4.69, 9.17) is 9.72 Å². The Hall–Kier alpha value is -4.14. The van der Waals surface area contributed by atoms with Crippen LogP contribution in [0.4, 0.5) is 5.82 Å². The van der Waals surface area contributed by atoms with Gasteiger partial charge in [-0.2, -0.15) is 0 Å². The molecule has 162 valence electrons. The first-order chi connectivity index (χ1) is 15.5. The van der Waals surface area contributed by atoms with Gasteiger partial charge in [-0.05, 0) is 42.0 Å². The highest BCUT2D eigenvalue weighted by atomic mass is 16.5. The maximum atomic E-state index is 13.0. The van der Waals surface area contributed by atoms with E-state index in [0.29, 0.717) is 48.0 Å². The molecule has 0 unspecified atom stereocenters. The van der Waals surface area contributed by atoms with Crippen molar-refractivity contribution in [2.75, 3.05) is 32.1 Å². The van der Waals surface area contributed by atoms with E-state index in [9.17, 15) is 9.59 Å². The first kappa shape index (κ1) is 19.8. The van der Waals surface area contributed by atoms with Gasteiger partial charge in [-0.3, -0.25) is 9.78 Å². The van der Waals surface area contributed by atoms with Crippen LogP contribution in [0.15, 0.2) is 59.5 Å². The van der Waals surface area contributed by atoms with Crippen LogP contribution < -0.4 is 15.3 Å². The number of rotatable bonds is 4. The molecule has 9 heteroatoms. The van der Waals surface area contributed by atoms with Crippen molar-refractivity contribution in [1.82, 2.24) is 24.4 Å². The van der Waals surface area contributed by atoms with E-state index in [2.05, 4.69) is 14.9 Å². The zero-order valence-electron chi connectivity index (χ0n) is 17.8. The Balaban J connectivity index is 1.63. The molecule has 1 N–H and O–H groups in total. The number of nitrogens with one attached hydrogen (secondary N) is 1. The third-order valence-electron chi connectivity index (χ3n) is 5.63. The van der Waals surface area contributed by atoms with Gasteiger partial charge in [0.2, 0.25) is 0 Å². The topological polar surface area (TPSA) is 96.3 Å². The molecule has 0 aliphatic carbocycles. The molecule has 4 heterocycles. The number of amides is 1. The second kappa shape index (κ2) is 7.84. The molecule has 0 bridgehead atoms. The molecule has 0 fully saturated rings. The molecule has 1 aromatic carbocycles. The van der Waals surface area contributed by atoms with Gasteiger partial charge in [0.05, 0.1) is 18.2 Å². The molecule has 1 amide bonds. The number of hydrogen-bond acceptors (Lipinski definition) is 6. The highest BCUT2D eigenvalue weighted by molar-refractivity contribution is 5.99. The predicted octanol–water partition coefficient (Wildman–Crippen LogP) is 2.21. The Kier molecular flexibility index (Phi) is 4.85. The summed E-state index contributed by atoms with van der Waals surface area (Å²) in [7, 11) is 3.42. The number of imidazole rings is 1. The van der Waals surface area contributed by atoms with Crippen LogP contribution in [0.5, 0.6) is 5.75 Å². The van der Waals surface area contributed by atoms with Crippen LogP contribution in [0.3, 0.4) is 0 Å². The van der Waals surface area contributed by atoms with Gasteiger partial charge in [-0.1, -0.05) is 12.1 Å². The van der Waals surface area contributed by atoms with Crippen molar-refractivity contribution in [1.29, 1.82) is 0 Å². The Morgan fingerprint density at radius 1 is 1.09 bits per heavy atom. The summed E-state index contributed by atoms with van der Waals surface area (Å²) in [5.74, 6) is 1.65. The molecular weight excluding hydrogens is 408 g/mol. The first-order valence-electron chi connectivity index (χ1n) is 10.3. The number of H-pyrrole nitrogens is 1. The molecule has 0 radical (unpaired) electrons. The minimum atomic E-state index is -0.331. The minimum absolute atomic E-state index is 0.0971. The van der Waals surface area contributed by atoms with E-state index in [1.54, 1.807) is 49.5 Å². The number of pyridine rings is 2. The number of nitrogens with zero attached hydrogens (tertiary/aromatic N) is 5. The number of ether oxygens (including phenoxy) is 1. The van der Waals surface area contributed by atoms with Gasteiger partial charge in [0.1, 0.15) is 17.4 Å². The van der Waals surface area contributed by atoms with Crippen LogP contribution in [0.2, 0.25) is 0 Å². The summed E-state index contributed by atoms with van der Waals surface area (Å²) in [6.45, 7) is 1.71. The normalized spacial score (nSPS) is 13.9. The number of methoxy groups -OCH3 is 1. The summed E-state index contributed by atoms with van der Waals surface area (Å²) in [4.78, 5) is 41.1. The van der Waals surface area contributed by atoms with E-state index >= 15 is 0 Å². The molecule has 0 atom stereocenters. The van der Waals surface area contributed by atoms with E-state index in [0.717, 1.165) is 11.3 Å². The summed E-state index contributed by atoms with van der Waals surface area (Å²) in [5.41, 5.74) is 2.32. The quantitative estimate of drug-likeness (QED) is 0.533. The average molecular weight is 430 g/mol. The molecule has 0 spiro atoms. The SMILES string of the molecule is COc1cccc(CN2CCN(C)C(=O)c3ccc(-n4c(=O)[nH]c5ncccc54)nc32)c1. The number of anilines is 1. The van der Waals surface area contributed by atoms with Gasteiger partial charge >= 0.3 is 5.69 Å². The summed E-state index contributed by atoms with van der Waals surface area (Å²) < 4.78 is 6.83. The lowest BCUT2D eigenvalue weighted by molar-refractivity contribution is 0.0804. The molecule has 32 heavy (non-hydrogen) atoms. The van der Waals surface area contributed by atoms with Crippen LogP contribution in [-0.2, 0) is 6.54 Å². The summed E-state index contributed by atoms with van der Waals surface area (Å²) in [5, 5.41) is 0. The van der Waals surface area contributed by atoms with Crippen molar-refractivity contribution >= 4 is 22.9 Å². The largest absolute Gasteiger partial charge is 0.497 e. The van der Waals surface area contributed by atoms with E-state index < -0.39 is 0 Å². The summed E-state index contributed by atoms with van der Waals surface area (Å²) in [6, 6.07) is 14.8. The maximum absolute atomic E-state index is 13.0. The van der Waals surface area contributed by atoms with Crippen LogP contribution in [0.25, 0.3) is 17.0 Å². The van der Waals surface area contributed by atoms with Crippen LogP contribution in [0.1, 0.15) is 15.9 Å². The molecule has 1 aliphatic rings. The lowest BCUT2D eigenvalue weighted by atomic mass is 10.1. The van der Waals surface area contributed by atoms with Gasteiger partial charge in [0.15, 0.2) is 5.65 Å². The number of aromatic amines is 1. The Bertz CT molecular complexity index is 1380. The fourth-order valence-electron chi connectivity index (χ4n) is 3.97. The number of benzene rings is 1. The molecule has 4 aromatic rings. The zero-order valence-corrected chi connectivity index (χ0v) is 17.8. The third-order valence-corrected chi connectivity index (χ3v) is 5.63. The number of carbonyl (C=O) groups excluding carboxylic acids is 1. The summed E-state index contributed by atoms with van der Waals surface area (Å²) >= 11 is 0. The molecule has 3 aromatic heterocycles. The number of aromatic nitrogens is 4. The molecule has 0 saturated carbocycles. The monoisotopic (exact) mass is 430 g/mol. The van der Waals surface area contributed by atoms with Gasteiger partial charge in [0, 0.05) is 32.9 Å². The molecule has 9 nitrogen and oxygen atoms in total. The van der Waals surface area contributed by atoms with Gasteiger partial charge in [-0.25, -0.2) is 19.3 Å². The van der Waals surface area contributed by atoms with Crippen LogP contribution >= 0.6 is 0 Å². The van der Waals surface area contributed by atoms with Crippen molar-refractivity contribution in [3.8, 4) is 11.6 Å². The zero-order chi connectivity index (χ0) is 22.2. The second-order valence-corrected chi connectivity index (χ2v) is 7.68. The highest BCUT2D eigenvalue weighted by Crippen LogP contribution is 2.27. The van der Waals surface area contributed by atoms with E-state index in [1.807, 2.05) is 24.3 Å². The number of hydrogen-bond donors (Lipinski definition) is 1. The van der Waals surface area contributed by atoms with Gasteiger partial charge in [-0.15, -0.1) is 0 Å². The van der Waals surface area contributed by atoms with Crippen LogP contribution in [-0.4, -0.2) is 57.6 Å². The molecule has 1 aliphatic heterocycles. The molecule has 0 saturated heterocycles. The molecular formula is C23H22N6O3.